The highest BCUT2D eigenvalue weighted by molar-refractivity contribution is 5.80. The Bertz CT molecular complexity index is 1180. The van der Waals surface area contributed by atoms with Gasteiger partial charge in [0.05, 0.1) is 30.8 Å². The van der Waals surface area contributed by atoms with Gasteiger partial charge in [-0.15, -0.1) is 0 Å². The summed E-state index contributed by atoms with van der Waals surface area (Å²) in [4.78, 5) is 25.9. The molecule has 0 saturated carbocycles. The third-order valence-corrected chi connectivity index (χ3v) is 11.0. The highest BCUT2D eigenvalue weighted by Crippen LogP contribution is 2.35. The van der Waals surface area contributed by atoms with Crippen molar-refractivity contribution in [2.75, 3.05) is 0 Å². The summed E-state index contributed by atoms with van der Waals surface area (Å²) >= 11 is 0. The fourth-order valence-corrected chi connectivity index (χ4v) is 7.82. The minimum absolute atomic E-state index is 0.0163. The fraction of sp³-hybridized carbons (Fsp3) is 0.800. The molecule has 4 N–H and O–H groups in total. The van der Waals surface area contributed by atoms with E-state index >= 15 is 0 Å². The lowest BCUT2D eigenvalue weighted by Gasteiger charge is -2.38. The lowest BCUT2D eigenvalue weighted by molar-refractivity contribution is -0.254. The molecule has 50 heavy (non-hydrogen) atoms. The summed E-state index contributed by atoms with van der Waals surface area (Å²) in [5, 5.41) is 43.0. The maximum Gasteiger partial charge on any atom is 0.311 e. The van der Waals surface area contributed by atoms with Gasteiger partial charge >= 0.3 is 5.97 Å². The van der Waals surface area contributed by atoms with E-state index in [2.05, 4.69) is 32.1 Å². The van der Waals surface area contributed by atoms with Gasteiger partial charge in [0.25, 0.3) is 0 Å². The van der Waals surface area contributed by atoms with E-state index in [-0.39, 0.29) is 54.8 Å². The molecule has 0 amide bonds. The number of esters is 1. The molecule has 3 aliphatic heterocycles. The molecule has 1 saturated heterocycles. The zero-order valence-corrected chi connectivity index (χ0v) is 31.9. The van der Waals surface area contributed by atoms with E-state index in [1.165, 1.54) is 0 Å². The second-order valence-electron chi connectivity index (χ2n) is 15.7. The average Bonchev–Trinajstić information content (AvgIpc) is 3.05. The normalized spacial score (nSPS) is 39.3. The van der Waals surface area contributed by atoms with Crippen molar-refractivity contribution in [2.45, 2.75) is 175 Å². The highest BCUT2D eigenvalue weighted by Gasteiger charge is 2.40. The van der Waals surface area contributed by atoms with Gasteiger partial charge in [-0.1, -0.05) is 65.8 Å². The van der Waals surface area contributed by atoms with Crippen molar-refractivity contribution in [1.29, 1.82) is 0 Å². The number of carbonyl (C=O) groups excluding carboxylic acids is 2. The van der Waals surface area contributed by atoms with E-state index in [1.54, 1.807) is 20.8 Å². The van der Waals surface area contributed by atoms with Crippen LogP contribution in [0.25, 0.3) is 0 Å². The first-order valence-corrected chi connectivity index (χ1v) is 18.9. The Labute approximate surface area is 300 Å². The Morgan fingerprint density at radius 2 is 1.74 bits per heavy atom. The van der Waals surface area contributed by atoms with Crippen LogP contribution in [0.3, 0.4) is 0 Å². The molecule has 14 atom stereocenters. The number of cyclic esters (lactones) is 1. The lowest BCUT2D eigenvalue weighted by atomic mass is 9.79. The summed E-state index contributed by atoms with van der Waals surface area (Å²) < 4.78 is 24.7. The Hall–Kier alpha value is -1.92. The van der Waals surface area contributed by atoms with Crippen molar-refractivity contribution in [3.8, 4) is 0 Å². The minimum atomic E-state index is -1.71. The second kappa shape index (κ2) is 19.2. The summed E-state index contributed by atoms with van der Waals surface area (Å²) in [7, 11) is 0. The van der Waals surface area contributed by atoms with Crippen LogP contribution in [-0.2, 0) is 28.5 Å². The summed E-state index contributed by atoms with van der Waals surface area (Å²) in [6.07, 6.45) is 6.93. The molecule has 0 aliphatic carbocycles. The molecule has 3 rings (SSSR count). The molecule has 0 radical (unpaired) electrons. The number of ether oxygens (including phenoxy) is 4. The Morgan fingerprint density at radius 1 is 1.06 bits per heavy atom. The summed E-state index contributed by atoms with van der Waals surface area (Å²) in [6.45, 7) is 17.3. The van der Waals surface area contributed by atoms with Gasteiger partial charge < -0.3 is 39.4 Å². The molecule has 286 valence electrons. The van der Waals surface area contributed by atoms with Crippen LogP contribution in [0.2, 0.25) is 0 Å². The van der Waals surface area contributed by atoms with E-state index in [9.17, 15) is 30.0 Å². The quantitative estimate of drug-likeness (QED) is 0.167. The van der Waals surface area contributed by atoms with Crippen molar-refractivity contribution in [2.24, 2.45) is 29.6 Å². The predicted octanol–water partition coefficient (Wildman–Crippen LogP) is 5.94. The molecule has 0 aromatic carbocycles. The summed E-state index contributed by atoms with van der Waals surface area (Å²) in [6, 6.07) is 0. The third-order valence-electron chi connectivity index (χ3n) is 11.0. The Morgan fingerprint density at radius 3 is 2.40 bits per heavy atom. The van der Waals surface area contributed by atoms with E-state index in [0.717, 1.165) is 24.0 Å². The molecule has 2 bridgehead atoms. The van der Waals surface area contributed by atoms with Gasteiger partial charge in [-0.05, 0) is 87.7 Å². The Balaban J connectivity index is 1.88. The number of aliphatic hydroxyl groups excluding tert-OH is 3. The molecule has 10 nitrogen and oxygen atoms in total. The zero-order valence-electron chi connectivity index (χ0n) is 31.9. The van der Waals surface area contributed by atoms with Gasteiger partial charge in [-0.3, -0.25) is 9.59 Å². The summed E-state index contributed by atoms with van der Waals surface area (Å²) in [5.41, 5.74) is 1.91. The molecular formula is C40H66O10. The van der Waals surface area contributed by atoms with Crippen LogP contribution in [0, 0.1) is 29.6 Å². The van der Waals surface area contributed by atoms with Crippen LogP contribution in [0.15, 0.2) is 35.5 Å². The topological polar surface area (TPSA) is 152 Å². The number of rotatable bonds is 9. The van der Waals surface area contributed by atoms with Crippen molar-refractivity contribution in [3.05, 3.63) is 35.5 Å². The maximum atomic E-state index is 13.6. The SMILES string of the molecule is CCC(=O)[C@@H](C)[C@@H](O)[C@H](C)C[C@@H](C)[C@H]1OC(=O)C[C@@]2(O)CC=C(C)[C@H](O2)/C(C)=C\CCC[C@@H](O[C@H]2C[C@@H](O)[C@H](O)[C@@H](C)O2)/C=C\[C@H](C)C[C@H]1C. The molecule has 0 spiro atoms. The van der Waals surface area contributed by atoms with Crippen LogP contribution in [0.5, 0.6) is 0 Å². The third kappa shape index (κ3) is 12.1. The fourth-order valence-electron chi connectivity index (χ4n) is 7.82. The van der Waals surface area contributed by atoms with Crippen LogP contribution in [-0.4, -0.2) is 87.0 Å². The molecule has 10 heteroatoms. The van der Waals surface area contributed by atoms with Gasteiger partial charge in [-0.25, -0.2) is 0 Å². The monoisotopic (exact) mass is 706 g/mol. The van der Waals surface area contributed by atoms with Crippen molar-refractivity contribution in [3.63, 3.8) is 0 Å². The van der Waals surface area contributed by atoms with Gasteiger partial charge in [-0.2, -0.15) is 0 Å². The highest BCUT2D eigenvalue weighted by atomic mass is 16.7. The van der Waals surface area contributed by atoms with Crippen LogP contribution >= 0.6 is 0 Å². The number of hydrogen-bond donors (Lipinski definition) is 4. The summed E-state index contributed by atoms with van der Waals surface area (Å²) in [5.74, 6) is -3.05. The minimum Gasteiger partial charge on any atom is -0.462 e. The van der Waals surface area contributed by atoms with Gasteiger partial charge in [0.2, 0.25) is 0 Å². The van der Waals surface area contributed by atoms with E-state index < -0.39 is 60.6 Å². The molecule has 3 aliphatic rings. The molecule has 1 fully saturated rings. The van der Waals surface area contributed by atoms with Crippen LogP contribution < -0.4 is 0 Å². The second-order valence-corrected chi connectivity index (χ2v) is 15.7. The lowest BCUT2D eigenvalue weighted by Crippen LogP contribution is -2.48. The number of aliphatic hydroxyl groups is 4. The van der Waals surface area contributed by atoms with E-state index in [4.69, 9.17) is 18.9 Å². The maximum absolute atomic E-state index is 13.6. The van der Waals surface area contributed by atoms with Crippen LogP contribution in [0.4, 0.5) is 0 Å². The number of ketones is 1. The van der Waals surface area contributed by atoms with Crippen molar-refractivity contribution >= 4 is 11.8 Å². The number of allylic oxidation sites excluding steroid dienone is 2. The first-order valence-electron chi connectivity index (χ1n) is 18.9. The van der Waals surface area contributed by atoms with E-state index in [1.807, 2.05) is 33.8 Å². The molecule has 0 aromatic rings. The number of Topliss-reactive ketones (excluding diaryl/α,β-unsaturated/α-hetero) is 1. The van der Waals surface area contributed by atoms with Crippen molar-refractivity contribution < 1.29 is 49.0 Å². The van der Waals surface area contributed by atoms with Crippen molar-refractivity contribution in [1.82, 2.24) is 0 Å². The number of fused-ring (bicyclic) bond motifs is 2. The standard InChI is InChI=1S/C40H66O10/c1-10-32(41)29(8)36(44)26(5)20-28(7)38-27(6)19-23(2)15-16-31(48-35-21-33(42)37(45)30(9)47-35)14-12-11-13-24(3)39-25(4)17-18-40(46,50-39)22-34(43)49-38/h13,15-17,23,26-31,33,35-39,42,44-46H,10-12,14,18-22H2,1-9H3/b16-15-,24-13-/t23-,26+,27+,28+,29+,30+,31+,33+,35-,36-,37+,38-,39+,40+/m0/s1. The molecule has 0 aromatic heterocycles. The van der Waals surface area contributed by atoms with E-state index in [0.29, 0.717) is 25.7 Å². The first kappa shape index (κ1) is 42.5. The average molecular weight is 707 g/mol. The zero-order chi connectivity index (χ0) is 37.3. The molecular weight excluding hydrogens is 640 g/mol. The smallest absolute Gasteiger partial charge is 0.311 e. The van der Waals surface area contributed by atoms with Gasteiger partial charge in [0.15, 0.2) is 12.1 Å². The van der Waals surface area contributed by atoms with Gasteiger partial charge in [0.1, 0.15) is 24.1 Å². The number of carbonyl (C=O) groups is 2. The van der Waals surface area contributed by atoms with Crippen LogP contribution in [0.1, 0.15) is 120 Å². The first-order chi connectivity index (χ1) is 23.4. The Kier molecular flexibility index (Phi) is 16.4. The predicted molar refractivity (Wildman–Crippen MR) is 192 cm³/mol. The molecule has 3 heterocycles. The van der Waals surface area contributed by atoms with Gasteiger partial charge in [0, 0.05) is 25.2 Å². The molecule has 0 unspecified atom stereocenters. The number of hydrogen-bond acceptors (Lipinski definition) is 10. The largest absolute Gasteiger partial charge is 0.462 e.